The van der Waals surface area contributed by atoms with Gasteiger partial charge in [0.15, 0.2) is 0 Å². The molecule has 3 N–H and O–H groups in total. The van der Waals surface area contributed by atoms with Crippen LogP contribution in [0, 0.1) is 0 Å². The second-order valence-corrected chi connectivity index (χ2v) is 3.80. The van der Waals surface area contributed by atoms with E-state index in [1.54, 1.807) is 12.1 Å². The first-order valence-corrected chi connectivity index (χ1v) is 5.72. The number of benzene rings is 1. The van der Waals surface area contributed by atoms with Gasteiger partial charge in [-0.1, -0.05) is 17.7 Å². The van der Waals surface area contributed by atoms with Gasteiger partial charge in [-0.25, -0.2) is 0 Å². The average Bonchev–Trinajstić information content (AvgIpc) is 2.28. The molecular weight excluding hydrogens is 254 g/mol. The maximum Gasteiger partial charge on any atom is 0.323 e. The fraction of sp³-hybridized carbons (Fsp3) is 0.182. The van der Waals surface area contributed by atoms with Crippen molar-refractivity contribution in [3.63, 3.8) is 0 Å². The molecule has 0 saturated heterocycles. The molecule has 0 atom stereocenters. The van der Waals surface area contributed by atoms with Crippen LogP contribution in [0.25, 0.3) is 0 Å². The minimum absolute atomic E-state index is 0.0954. The average molecular weight is 266 g/mol. The van der Waals surface area contributed by atoms with Crippen molar-refractivity contribution < 1.29 is 4.74 Å². The zero-order chi connectivity index (χ0) is 13.0. The number of nitrogen functional groups attached to an aromatic ring is 1. The molecule has 0 spiro atoms. The molecule has 0 unspecified atom stereocenters. The molecule has 0 fully saturated rings. The summed E-state index contributed by atoms with van der Waals surface area (Å²) in [5.41, 5.74) is 6.32. The third-order valence-electron chi connectivity index (χ3n) is 1.99. The number of nitrogens with zero attached hydrogens (tertiary/aromatic N) is 3. The predicted molar refractivity (Wildman–Crippen MR) is 70.1 cm³/mol. The van der Waals surface area contributed by atoms with Crippen LogP contribution in [0.4, 0.5) is 17.6 Å². The molecule has 1 aromatic heterocycles. The first kappa shape index (κ1) is 12.4. The smallest absolute Gasteiger partial charge is 0.323 e. The van der Waals surface area contributed by atoms with Crippen LogP contribution in [0.2, 0.25) is 5.02 Å². The van der Waals surface area contributed by atoms with E-state index in [0.717, 1.165) is 5.69 Å². The van der Waals surface area contributed by atoms with Gasteiger partial charge in [0, 0.05) is 10.7 Å². The third-order valence-corrected chi connectivity index (χ3v) is 2.22. The van der Waals surface area contributed by atoms with Crippen molar-refractivity contribution in [1.29, 1.82) is 0 Å². The van der Waals surface area contributed by atoms with E-state index >= 15 is 0 Å². The summed E-state index contributed by atoms with van der Waals surface area (Å²) in [6, 6.07) is 7.38. The molecule has 18 heavy (non-hydrogen) atoms. The van der Waals surface area contributed by atoms with Gasteiger partial charge in [-0.05, 0) is 25.1 Å². The van der Waals surface area contributed by atoms with E-state index in [4.69, 9.17) is 22.1 Å². The topological polar surface area (TPSA) is 86.0 Å². The lowest BCUT2D eigenvalue weighted by molar-refractivity contribution is 0.312. The van der Waals surface area contributed by atoms with Crippen molar-refractivity contribution in [2.24, 2.45) is 0 Å². The van der Waals surface area contributed by atoms with Crippen LogP contribution in [0.1, 0.15) is 6.92 Å². The van der Waals surface area contributed by atoms with E-state index in [1.807, 2.05) is 19.1 Å². The number of nitrogens with one attached hydrogen (secondary N) is 1. The van der Waals surface area contributed by atoms with E-state index < -0.39 is 0 Å². The molecule has 7 heteroatoms. The highest BCUT2D eigenvalue weighted by atomic mass is 35.5. The molecule has 0 aliphatic heterocycles. The number of halogens is 1. The summed E-state index contributed by atoms with van der Waals surface area (Å²) in [4.78, 5) is 11.9. The standard InChI is InChI=1S/C11H12ClN5O/c1-2-18-11-16-9(13)15-10(17-11)14-8-5-3-4-7(12)6-8/h3-6H,2H2,1H3,(H3,13,14,15,16,17). The second-order valence-electron chi connectivity index (χ2n) is 3.37. The zero-order valence-electron chi connectivity index (χ0n) is 9.72. The largest absolute Gasteiger partial charge is 0.464 e. The van der Waals surface area contributed by atoms with Gasteiger partial charge in [0.1, 0.15) is 0 Å². The molecule has 2 rings (SSSR count). The monoisotopic (exact) mass is 265 g/mol. The molecule has 0 radical (unpaired) electrons. The Hall–Kier alpha value is -2.08. The van der Waals surface area contributed by atoms with Crippen LogP contribution in [0.15, 0.2) is 24.3 Å². The first-order valence-electron chi connectivity index (χ1n) is 5.34. The molecule has 0 aliphatic rings. The predicted octanol–water partition coefficient (Wildman–Crippen LogP) is 2.25. The summed E-state index contributed by atoms with van der Waals surface area (Å²) in [6.45, 7) is 2.30. The molecule has 0 saturated carbocycles. The Morgan fingerprint density at radius 2 is 2.17 bits per heavy atom. The maximum absolute atomic E-state index is 5.88. The van der Waals surface area contributed by atoms with E-state index in [-0.39, 0.29) is 12.0 Å². The number of hydrogen-bond donors (Lipinski definition) is 2. The highest BCUT2D eigenvalue weighted by Gasteiger charge is 2.05. The highest BCUT2D eigenvalue weighted by molar-refractivity contribution is 6.30. The number of nitrogens with two attached hydrogens (primary N) is 1. The van der Waals surface area contributed by atoms with Crippen LogP contribution in [0.3, 0.4) is 0 Å². The van der Waals surface area contributed by atoms with Crippen molar-refractivity contribution in [3.8, 4) is 6.01 Å². The van der Waals surface area contributed by atoms with E-state index in [0.29, 0.717) is 17.6 Å². The van der Waals surface area contributed by atoms with Crippen LogP contribution < -0.4 is 15.8 Å². The van der Waals surface area contributed by atoms with Crippen molar-refractivity contribution in [2.45, 2.75) is 6.92 Å². The molecule has 94 valence electrons. The van der Waals surface area contributed by atoms with Gasteiger partial charge in [0.2, 0.25) is 11.9 Å². The van der Waals surface area contributed by atoms with Gasteiger partial charge in [-0.15, -0.1) is 0 Å². The van der Waals surface area contributed by atoms with E-state index in [1.165, 1.54) is 0 Å². The van der Waals surface area contributed by atoms with Gasteiger partial charge >= 0.3 is 6.01 Å². The number of hydrogen-bond acceptors (Lipinski definition) is 6. The Morgan fingerprint density at radius 1 is 1.33 bits per heavy atom. The zero-order valence-corrected chi connectivity index (χ0v) is 10.5. The Labute approximate surface area is 109 Å². The Balaban J connectivity index is 2.23. The van der Waals surface area contributed by atoms with Crippen molar-refractivity contribution in [1.82, 2.24) is 15.0 Å². The minimum Gasteiger partial charge on any atom is -0.464 e. The molecular formula is C11H12ClN5O. The maximum atomic E-state index is 5.88. The normalized spacial score (nSPS) is 10.1. The molecule has 6 nitrogen and oxygen atoms in total. The number of anilines is 3. The van der Waals surface area contributed by atoms with Crippen LogP contribution >= 0.6 is 11.6 Å². The molecule has 0 bridgehead atoms. The summed E-state index contributed by atoms with van der Waals surface area (Å²) in [5, 5.41) is 3.60. The first-order chi connectivity index (χ1) is 8.67. The number of ether oxygens (including phenoxy) is 1. The SMILES string of the molecule is CCOc1nc(N)nc(Nc2cccc(Cl)c2)n1. The van der Waals surface area contributed by atoms with E-state index in [9.17, 15) is 0 Å². The van der Waals surface area contributed by atoms with Crippen molar-refractivity contribution >= 4 is 29.2 Å². The fourth-order valence-corrected chi connectivity index (χ4v) is 1.51. The van der Waals surface area contributed by atoms with E-state index in [2.05, 4.69) is 20.3 Å². The summed E-state index contributed by atoms with van der Waals surface area (Å²) < 4.78 is 5.18. The number of aromatic nitrogens is 3. The molecule has 1 aromatic carbocycles. The quantitative estimate of drug-likeness (QED) is 0.882. The Kier molecular flexibility index (Phi) is 3.78. The van der Waals surface area contributed by atoms with Crippen LogP contribution in [-0.4, -0.2) is 21.6 Å². The summed E-state index contributed by atoms with van der Waals surface area (Å²) in [5.74, 6) is 0.409. The Bertz CT molecular complexity index is 549. The van der Waals surface area contributed by atoms with Gasteiger partial charge in [-0.2, -0.15) is 15.0 Å². The highest BCUT2D eigenvalue weighted by Crippen LogP contribution is 2.19. The third kappa shape index (κ3) is 3.21. The van der Waals surface area contributed by atoms with Gasteiger partial charge < -0.3 is 15.8 Å². The lowest BCUT2D eigenvalue weighted by Crippen LogP contribution is -2.06. The van der Waals surface area contributed by atoms with Crippen molar-refractivity contribution in [2.75, 3.05) is 17.7 Å². The van der Waals surface area contributed by atoms with Crippen molar-refractivity contribution in [3.05, 3.63) is 29.3 Å². The van der Waals surface area contributed by atoms with Crippen LogP contribution in [0.5, 0.6) is 6.01 Å². The summed E-state index contributed by atoms with van der Waals surface area (Å²) in [6.07, 6.45) is 0. The Morgan fingerprint density at radius 3 is 2.89 bits per heavy atom. The minimum atomic E-state index is 0.0954. The van der Waals surface area contributed by atoms with Gasteiger partial charge in [-0.3, -0.25) is 0 Å². The molecule has 0 aliphatic carbocycles. The molecule has 1 heterocycles. The fourth-order valence-electron chi connectivity index (χ4n) is 1.32. The number of rotatable bonds is 4. The lowest BCUT2D eigenvalue weighted by atomic mass is 10.3. The molecule has 0 amide bonds. The second kappa shape index (κ2) is 5.50. The lowest BCUT2D eigenvalue weighted by Gasteiger charge is -2.07. The van der Waals surface area contributed by atoms with Gasteiger partial charge in [0.25, 0.3) is 0 Å². The molecule has 2 aromatic rings. The van der Waals surface area contributed by atoms with Gasteiger partial charge in [0.05, 0.1) is 6.61 Å². The summed E-state index contributed by atoms with van der Waals surface area (Å²) in [7, 11) is 0. The summed E-state index contributed by atoms with van der Waals surface area (Å²) >= 11 is 5.88. The van der Waals surface area contributed by atoms with Crippen LogP contribution in [-0.2, 0) is 0 Å².